The van der Waals surface area contributed by atoms with Crippen molar-refractivity contribution in [2.24, 2.45) is 7.05 Å². The first-order valence-electron chi connectivity index (χ1n) is 6.39. The molecule has 1 fully saturated rings. The summed E-state index contributed by atoms with van der Waals surface area (Å²) in [7, 11) is 3.42. The van der Waals surface area contributed by atoms with Crippen molar-refractivity contribution in [3.05, 3.63) is 21.9 Å². The maximum atomic E-state index is 12.5. The zero-order valence-corrected chi connectivity index (χ0v) is 12.6. The number of halogens is 2. The molecule has 4 nitrogen and oxygen atoms in total. The van der Waals surface area contributed by atoms with Crippen molar-refractivity contribution in [1.82, 2.24) is 9.47 Å². The van der Waals surface area contributed by atoms with Crippen molar-refractivity contribution in [3.8, 4) is 0 Å². The summed E-state index contributed by atoms with van der Waals surface area (Å²) >= 11 is 11.9. The van der Waals surface area contributed by atoms with Gasteiger partial charge in [-0.2, -0.15) is 0 Å². The number of likely N-dealkylation sites (N-methyl/N-ethyl adjacent to an activating group) is 1. The molecule has 2 atom stereocenters. The molecule has 106 valence electrons. The Hall–Kier alpha value is -0.710. The van der Waals surface area contributed by atoms with Gasteiger partial charge in [0.05, 0.1) is 17.2 Å². The summed E-state index contributed by atoms with van der Waals surface area (Å²) in [6.07, 6.45) is 3.18. The Morgan fingerprint density at radius 2 is 2.05 bits per heavy atom. The van der Waals surface area contributed by atoms with E-state index >= 15 is 0 Å². The number of nitrogens with zero attached hydrogens (tertiary/aromatic N) is 2. The largest absolute Gasteiger partial charge is 0.391 e. The molecular formula is C13H18Cl2N2O2. The molecule has 2 rings (SSSR count). The summed E-state index contributed by atoms with van der Waals surface area (Å²) in [5, 5.41) is 10.7. The number of aromatic nitrogens is 1. The molecule has 1 saturated carbocycles. The molecule has 1 aromatic rings. The van der Waals surface area contributed by atoms with Gasteiger partial charge in [0.1, 0.15) is 10.8 Å². The predicted octanol–water partition coefficient (Wildman–Crippen LogP) is 2.71. The van der Waals surface area contributed by atoms with Gasteiger partial charge in [0.25, 0.3) is 5.91 Å². The highest BCUT2D eigenvalue weighted by atomic mass is 35.5. The van der Waals surface area contributed by atoms with E-state index in [2.05, 4.69) is 0 Å². The number of hydrogen-bond donors (Lipinski definition) is 1. The minimum atomic E-state index is -0.450. The van der Waals surface area contributed by atoms with Gasteiger partial charge >= 0.3 is 0 Å². The number of amides is 1. The van der Waals surface area contributed by atoms with Crippen LogP contribution in [0.1, 0.15) is 36.2 Å². The first-order chi connectivity index (χ1) is 8.93. The molecule has 0 spiro atoms. The lowest BCUT2D eigenvalue weighted by Crippen LogP contribution is -2.46. The van der Waals surface area contributed by atoms with Crippen molar-refractivity contribution in [1.29, 1.82) is 0 Å². The Kier molecular flexibility index (Phi) is 4.43. The van der Waals surface area contributed by atoms with Gasteiger partial charge in [-0.05, 0) is 18.9 Å². The summed E-state index contributed by atoms with van der Waals surface area (Å²) in [6, 6.07) is 1.44. The van der Waals surface area contributed by atoms with E-state index in [-0.39, 0.29) is 11.9 Å². The van der Waals surface area contributed by atoms with Gasteiger partial charge in [-0.25, -0.2) is 0 Å². The van der Waals surface area contributed by atoms with Crippen LogP contribution in [0.4, 0.5) is 0 Å². The monoisotopic (exact) mass is 304 g/mol. The standard InChI is InChI=1S/C13H18Cl2N2O2/c1-16-10(7-8(14)12(16)15)13(19)17(2)9-5-3-4-6-11(9)18/h7,9,11,18H,3-6H2,1-2H3. The van der Waals surface area contributed by atoms with Crippen LogP contribution in [-0.4, -0.2) is 39.7 Å². The van der Waals surface area contributed by atoms with Crippen LogP contribution in [0.2, 0.25) is 10.2 Å². The molecule has 1 N–H and O–H groups in total. The second kappa shape index (κ2) is 5.73. The number of hydrogen-bond acceptors (Lipinski definition) is 2. The maximum absolute atomic E-state index is 12.5. The smallest absolute Gasteiger partial charge is 0.270 e. The van der Waals surface area contributed by atoms with E-state index in [9.17, 15) is 9.90 Å². The van der Waals surface area contributed by atoms with Crippen molar-refractivity contribution in [2.45, 2.75) is 37.8 Å². The summed E-state index contributed by atoms with van der Waals surface area (Å²) in [5.41, 5.74) is 0.440. The quantitative estimate of drug-likeness (QED) is 0.913. The lowest BCUT2D eigenvalue weighted by atomic mass is 9.91. The molecule has 0 aromatic carbocycles. The fourth-order valence-electron chi connectivity index (χ4n) is 2.62. The Balaban J connectivity index is 2.20. The van der Waals surface area contributed by atoms with Crippen LogP contribution < -0.4 is 0 Å². The van der Waals surface area contributed by atoms with E-state index < -0.39 is 6.10 Å². The Bertz CT molecular complexity index is 487. The van der Waals surface area contributed by atoms with E-state index in [0.717, 1.165) is 25.7 Å². The molecular weight excluding hydrogens is 287 g/mol. The van der Waals surface area contributed by atoms with Crippen molar-refractivity contribution in [2.75, 3.05) is 7.05 Å². The topological polar surface area (TPSA) is 45.5 Å². The second-order valence-electron chi connectivity index (χ2n) is 5.06. The number of carbonyl (C=O) groups is 1. The zero-order chi connectivity index (χ0) is 14.2. The van der Waals surface area contributed by atoms with E-state index in [0.29, 0.717) is 15.9 Å². The zero-order valence-electron chi connectivity index (χ0n) is 11.1. The molecule has 1 aliphatic rings. The molecule has 0 radical (unpaired) electrons. The van der Waals surface area contributed by atoms with Gasteiger partial charge in [-0.3, -0.25) is 4.79 Å². The predicted molar refractivity (Wildman–Crippen MR) is 75.8 cm³/mol. The molecule has 0 aliphatic heterocycles. The molecule has 0 saturated heterocycles. The van der Waals surface area contributed by atoms with E-state index in [1.807, 2.05) is 0 Å². The molecule has 19 heavy (non-hydrogen) atoms. The number of carbonyl (C=O) groups excluding carboxylic acids is 1. The van der Waals surface area contributed by atoms with E-state index in [1.165, 1.54) is 0 Å². The van der Waals surface area contributed by atoms with Crippen LogP contribution in [0.5, 0.6) is 0 Å². The van der Waals surface area contributed by atoms with Crippen molar-refractivity contribution < 1.29 is 9.90 Å². The fourth-order valence-corrected chi connectivity index (χ4v) is 3.00. The Morgan fingerprint density at radius 1 is 1.42 bits per heavy atom. The SMILES string of the molecule is CN(C(=O)c1cc(Cl)c(Cl)n1C)C1CCCCC1O. The molecule has 2 unspecified atom stereocenters. The lowest BCUT2D eigenvalue weighted by Gasteiger charge is -2.35. The van der Waals surface area contributed by atoms with Crippen molar-refractivity contribution in [3.63, 3.8) is 0 Å². The molecule has 0 bridgehead atoms. The molecule has 6 heteroatoms. The van der Waals surface area contributed by atoms with Crippen LogP contribution >= 0.6 is 23.2 Å². The third kappa shape index (κ3) is 2.76. The van der Waals surface area contributed by atoms with E-state index in [1.54, 1.807) is 29.6 Å². The number of aliphatic hydroxyl groups is 1. The minimum Gasteiger partial charge on any atom is -0.391 e. The van der Waals surface area contributed by atoms with Crippen LogP contribution in [0.15, 0.2) is 6.07 Å². The van der Waals surface area contributed by atoms with Crippen LogP contribution in [-0.2, 0) is 7.05 Å². The lowest BCUT2D eigenvalue weighted by molar-refractivity contribution is 0.0262. The van der Waals surface area contributed by atoms with Gasteiger partial charge in [0.15, 0.2) is 0 Å². The average Bonchev–Trinajstić information content (AvgIpc) is 2.65. The highest BCUT2D eigenvalue weighted by Gasteiger charge is 2.31. The first-order valence-corrected chi connectivity index (χ1v) is 7.15. The van der Waals surface area contributed by atoms with Gasteiger partial charge in [0.2, 0.25) is 0 Å². The number of aliphatic hydroxyl groups excluding tert-OH is 1. The molecule has 1 amide bonds. The average molecular weight is 305 g/mol. The summed E-state index contributed by atoms with van der Waals surface area (Å²) in [4.78, 5) is 14.1. The highest BCUT2D eigenvalue weighted by molar-refractivity contribution is 6.41. The van der Waals surface area contributed by atoms with E-state index in [4.69, 9.17) is 23.2 Å². The first kappa shape index (κ1) is 14.7. The minimum absolute atomic E-state index is 0.131. The van der Waals surface area contributed by atoms with Crippen molar-refractivity contribution >= 4 is 29.1 Å². The van der Waals surface area contributed by atoms with Gasteiger partial charge in [-0.1, -0.05) is 36.0 Å². The third-order valence-electron chi connectivity index (χ3n) is 3.85. The van der Waals surface area contributed by atoms with Gasteiger partial charge in [-0.15, -0.1) is 0 Å². The normalized spacial score (nSPS) is 23.4. The van der Waals surface area contributed by atoms with Gasteiger partial charge < -0.3 is 14.6 Å². The summed E-state index contributed by atoms with van der Waals surface area (Å²) in [6.45, 7) is 0. The van der Waals surface area contributed by atoms with Crippen LogP contribution in [0.3, 0.4) is 0 Å². The Labute approximate surface area is 122 Å². The Morgan fingerprint density at radius 3 is 2.58 bits per heavy atom. The number of rotatable bonds is 2. The summed E-state index contributed by atoms with van der Waals surface area (Å²) < 4.78 is 1.57. The highest BCUT2D eigenvalue weighted by Crippen LogP contribution is 2.28. The fraction of sp³-hybridized carbons (Fsp3) is 0.615. The molecule has 1 heterocycles. The molecule has 1 aromatic heterocycles. The van der Waals surface area contributed by atoms with Crippen LogP contribution in [0.25, 0.3) is 0 Å². The second-order valence-corrected chi connectivity index (χ2v) is 5.83. The van der Waals surface area contributed by atoms with Gasteiger partial charge in [0, 0.05) is 14.1 Å². The van der Waals surface area contributed by atoms with Crippen LogP contribution in [0, 0.1) is 0 Å². The molecule has 1 aliphatic carbocycles. The summed E-state index contributed by atoms with van der Waals surface area (Å²) in [5.74, 6) is -0.165. The third-order valence-corrected chi connectivity index (χ3v) is 4.69. The maximum Gasteiger partial charge on any atom is 0.270 e.